The maximum Gasteiger partial charge on any atom is 0.317 e. The summed E-state index contributed by atoms with van der Waals surface area (Å²) < 4.78 is 11.4. The lowest BCUT2D eigenvalue weighted by molar-refractivity contribution is -0.138. The first-order valence-corrected chi connectivity index (χ1v) is 9.69. The second-order valence-electron chi connectivity index (χ2n) is 7.21. The van der Waals surface area contributed by atoms with Crippen LogP contribution in [0.3, 0.4) is 0 Å². The Kier molecular flexibility index (Phi) is 9.33. The Labute approximate surface area is 170 Å². The van der Waals surface area contributed by atoms with Crippen molar-refractivity contribution in [3.63, 3.8) is 0 Å². The van der Waals surface area contributed by atoms with Gasteiger partial charge in [0.15, 0.2) is 0 Å². The highest BCUT2D eigenvalue weighted by Gasteiger charge is 2.33. The first-order chi connectivity index (χ1) is 14.0. The topological polar surface area (TPSA) is 120 Å². The van der Waals surface area contributed by atoms with E-state index in [1.54, 1.807) is 0 Å². The lowest BCUT2D eigenvalue weighted by Crippen LogP contribution is -2.44. The zero-order valence-corrected chi connectivity index (χ0v) is 16.7. The van der Waals surface area contributed by atoms with Gasteiger partial charge in [0.1, 0.15) is 5.75 Å². The molecule has 2 bridgehead atoms. The van der Waals surface area contributed by atoms with Gasteiger partial charge in [-0.1, -0.05) is 6.07 Å². The zero-order chi connectivity index (χ0) is 21.2. The quantitative estimate of drug-likeness (QED) is 0.552. The Morgan fingerprint density at radius 3 is 2.72 bits per heavy atom. The highest BCUT2D eigenvalue weighted by atomic mass is 16.5. The highest BCUT2D eigenvalue weighted by molar-refractivity contribution is 5.69. The molecule has 0 spiro atoms. The van der Waals surface area contributed by atoms with Gasteiger partial charge in [-0.25, -0.2) is 0 Å². The van der Waals surface area contributed by atoms with Crippen LogP contribution in [0.15, 0.2) is 18.2 Å². The van der Waals surface area contributed by atoms with Crippen LogP contribution in [0.4, 0.5) is 0 Å². The second-order valence-corrected chi connectivity index (χ2v) is 7.21. The van der Waals surface area contributed by atoms with Crippen LogP contribution < -0.4 is 4.74 Å². The number of benzene rings is 1. The fraction of sp³-hybridized carbons (Fsp3) is 0.600. The third-order valence-corrected chi connectivity index (χ3v) is 5.00. The molecule has 1 aromatic carbocycles. The van der Waals surface area contributed by atoms with E-state index in [4.69, 9.17) is 24.5 Å². The van der Waals surface area contributed by atoms with Crippen LogP contribution in [-0.2, 0) is 27.5 Å². The van der Waals surface area contributed by atoms with E-state index < -0.39 is 5.97 Å². The van der Waals surface area contributed by atoms with Crippen LogP contribution >= 0.6 is 0 Å². The van der Waals surface area contributed by atoms with E-state index in [-0.39, 0.29) is 25.7 Å². The minimum atomic E-state index is -0.781. The number of carbonyl (C=O) groups is 2. The summed E-state index contributed by atoms with van der Waals surface area (Å²) in [6.45, 7) is 6.67. The molecule has 2 fully saturated rings. The van der Waals surface area contributed by atoms with E-state index in [9.17, 15) is 9.90 Å². The molecule has 2 aliphatic rings. The Hall–Kier alpha value is -2.20. The third-order valence-electron chi connectivity index (χ3n) is 5.00. The van der Waals surface area contributed by atoms with Crippen molar-refractivity contribution in [2.45, 2.75) is 26.1 Å². The molecule has 2 aliphatic heterocycles. The average molecular weight is 410 g/mol. The van der Waals surface area contributed by atoms with Gasteiger partial charge in [-0.05, 0) is 24.6 Å². The molecule has 3 rings (SSSR count). The van der Waals surface area contributed by atoms with Crippen molar-refractivity contribution in [3.8, 4) is 5.75 Å². The molecular weight excluding hydrogens is 380 g/mol. The molecule has 0 amide bonds. The summed E-state index contributed by atoms with van der Waals surface area (Å²) in [5, 5.41) is 25.6. The Morgan fingerprint density at radius 1 is 1.31 bits per heavy atom. The van der Waals surface area contributed by atoms with Gasteiger partial charge in [0.05, 0.1) is 33.0 Å². The lowest BCUT2D eigenvalue weighted by atomic mass is 10.1. The van der Waals surface area contributed by atoms with Gasteiger partial charge in [-0.3, -0.25) is 19.4 Å². The van der Waals surface area contributed by atoms with Gasteiger partial charge in [0.25, 0.3) is 6.47 Å². The van der Waals surface area contributed by atoms with Crippen molar-refractivity contribution in [1.29, 1.82) is 0 Å². The van der Waals surface area contributed by atoms with E-state index in [2.05, 4.69) is 4.90 Å². The maximum absolute atomic E-state index is 11.1. The van der Waals surface area contributed by atoms with Crippen LogP contribution in [0.5, 0.6) is 5.75 Å². The van der Waals surface area contributed by atoms with Gasteiger partial charge in [0.2, 0.25) is 0 Å². The Morgan fingerprint density at radius 2 is 2.07 bits per heavy atom. The molecule has 0 saturated carbocycles. The molecule has 0 aliphatic carbocycles. The molecule has 0 radical (unpaired) electrons. The molecule has 9 heteroatoms. The molecule has 3 N–H and O–H groups in total. The van der Waals surface area contributed by atoms with Crippen LogP contribution in [0.2, 0.25) is 0 Å². The van der Waals surface area contributed by atoms with Gasteiger partial charge in [-0.2, -0.15) is 0 Å². The second kappa shape index (κ2) is 11.7. The number of carboxylic acids is 1. The molecule has 0 aromatic heterocycles. The van der Waals surface area contributed by atoms with Crippen LogP contribution in [-0.4, -0.2) is 89.6 Å². The van der Waals surface area contributed by atoms with Crippen molar-refractivity contribution in [1.82, 2.24) is 9.80 Å². The maximum atomic E-state index is 11.1. The number of rotatable bonds is 7. The number of carboxylic acid groups (broad SMARTS) is 2. The van der Waals surface area contributed by atoms with E-state index >= 15 is 0 Å². The summed E-state index contributed by atoms with van der Waals surface area (Å²) in [5.74, 6) is 0.253. The van der Waals surface area contributed by atoms with Crippen LogP contribution in [0.1, 0.15) is 18.1 Å². The summed E-state index contributed by atoms with van der Waals surface area (Å²) in [4.78, 5) is 23.9. The molecule has 2 atom stereocenters. The summed E-state index contributed by atoms with van der Waals surface area (Å²) in [5.41, 5.74) is 1.92. The molecular formula is C20H30N2O7. The highest BCUT2D eigenvalue weighted by Crippen LogP contribution is 2.25. The molecule has 162 valence electrons. The number of hydrogen-bond acceptors (Lipinski definition) is 7. The molecule has 0 unspecified atom stereocenters. The van der Waals surface area contributed by atoms with Crippen molar-refractivity contribution in [2.24, 2.45) is 5.92 Å². The summed E-state index contributed by atoms with van der Waals surface area (Å²) in [6.07, 6.45) is 0. The number of ether oxygens (including phenoxy) is 2. The monoisotopic (exact) mass is 410 g/mol. The van der Waals surface area contributed by atoms with Crippen molar-refractivity contribution < 1.29 is 34.4 Å². The van der Waals surface area contributed by atoms with E-state index in [1.807, 2.05) is 30.0 Å². The largest absolute Gasteiger partial charge is 0.494 e. The molecule has 2 heterocycles. The summed E-state index contributed by atoms with van der Waals surface area (Å²) in [7, 11) is 0. The zero-order valence-electron chi connectivity index (χ0n) is 16.7. The number of hydrogen-bond donors (Lipinski definition) is 3. The molecule has 1 aromatic rings. The van der Waals surface area contributed by atoms with Gasteiger partial charge < -0.3 is 24.8 Å². The van der Waals surface area contributed by atoms with E-state index in [1.165, 1.54) is 0 Å². The van der Waals surface area contributed by atoms with Crippen molar-refractivity contribution in [2.75, 3.05) is 46.0 Å². The third kappa shape index (κ3) is 6.97. The van der Waals surface area contributed by atoms with Crippen LogP contribution in [0, 0.1) is 5.92 Å². The predicted molar refractivity (Wildman–Crippen MR) is 105 cm³/mol. The van der Waals surface area contributed by atoms with Gasteiger partial charge in [-0.15, -0.1) is 0 Å². The van der Waals surface area contributed by atoms with E-state index in [0.717, 1.165) is 36.5 Å². The van der Waals surface area contributed by atoms with Gasteiger partial charge in [0, 0.05) is 43.7 Å². The normalized spacial score (nSPS) is 22.1. The summed E-state index contributed by atoms with van der Waals surface area (Å²) >= 11 is 0. The minimum absolute atomic E-state index is 0.0509. The Bertz CT molecular complexity index is 670. The molecule has 29 heavy (non-hydrogen) atoms. The number of fused-ring (bicyclic) bond motifs is 3. The standard InChI is InChI=1S/C19H28N2O5.CH2O2/c1-2-26-18-4-3-14(5-16(18)11-22)7-21-8-15-6-20(10-19(23)24)9-17(21)13-25-12-15;2-1-3/h3-5,15,17,22H,2,6-13H2,1H3,(H,23,24);1H,(H,2,3)/t15-,17-;/m0./s1. The van der Waals surface area contributed by atoms with Crippen LogP contribution in [0.25, 0.3) is 0 Å². The van der Waals surface area contributed by atoms with E-state index in [0.29, 0.717) is 32.3 Å². The fourth-order valence-electron chi connectivity index (χ4n) is 3.93. The molecule has 2 saturated heterocycles. The lowest BCUT2D eigenvalue weighted by Gasteiger charge is -2.30. The number of aliphatic hydroxyl groups is 1. The van der Waals surface area contributed by atoms with Gasteiger partial charge >= 0.3 is 5.97 Å². The Balaban J connectivity index is 0.000000941. The predicted octanol–water partition coefficient (Wildman–Crippen LogP) is 0.496. The number of aliphatic carboxylic acids is 1. The van der Waals surface area contributed by atoms with Crippen molar-refractivity contribution in [3.05, 3.63) is 29.3 Å². The summed E-state index contributed by atoms with van der Waals surface area (Å²) in [6, 6.07) is 6.12. The minimum Gasteiger partial charge on any atom is -0.494 e. The number of aliphatic hydroxyl groups excluding tert-OH is 1. The fourth-order valence-corrected chi connectivity index (χ4v) is 3.93. The first-order valence-electron chi connectivity index (χ1n) is 9.69. The number of nitrogens with zero attached hydrogens (tertiary/aromatic N) is 2. The molecule has 9 nitrogen and oxygen atoms in total. The first kappa shape index (κ1) is 23.1. The SMILES string of the molecule is CCOc1ccc(CN2C[C@H]3COC[C@@H]2CN(CC(=O)O)C3)cc1CO.O=CO. The van der Waals surface area contributed by atoms with Crippen molar-refractivity contribution >= 4 is 12.4 Å². The smallest absolute Gasteiger partial charge is 0.317 e. The average Bonchev–Trinajstić information content (AvgIpc) is 2.93.